The van der Waals surface area contributed by atoms with Crippen molar-refractivity contribution in [3.8, 4) is 10.6 Å². The molecule has 37 heavy (non-hydrogen) atoms. The van der Waals surface area contributed by atoms with Crippen LogP contribution in [0.5, 0.6) is 0 Å². The molecule has 0 aliphatic carbocycles. The third-order valence-electron chi connectivity index (χ3n) is 6.12. The first-order chi connectivity index (χ1) is 17.7. The molecule has 0 radical (unpaired) electrons. The van der Waals surface area contributed by atoms with E-state index < -0.39 is 23.3 Å². The number of anilines is 2. The fourth-order valence-electron chi connectivity index (χ4n) is 4.03. The van der Waals surface area contributed by atoms with Gasteiger partial charge in [0, 0.05) is 29.7 Å². The standard InChI is InChI=1S/C26H23FN6O3S/c1-26(2)23(35)32-25(36)33(26)12-11-29-24-28-10-9-19(31-24)21-14-15-13-16(7-8-20(15)37-21)30-22(34)17-5-3-4-6-18(17)27/h3-10,13-14H,11-12H2,1-2H3,(H,30,34)(H,28,29,31)(H,32,35,36). The van der Waals surface area contributed by atoms with Crippen LogP contribution in [0.1, 0.15) is 24.2 Å². The quantitative estimate of drug-likeness (QED) is 0.311. The third-order valence-corrected chi connectivity index (χ3v) is 7.25. The lowest BCUT2D eigenvalue weighted by Gasteiger charge is -2.27. The van der Waals surface area contributed by atoms with E-state index in [0.29, 0.717) is 30.4 Å². The fourth-order valence-corrected chi connectivity index (χ4v) is 5.04. The Labute approximate surface area is 215 Å². The van der Waals surface area contributed by atoms with E-state index in [0.717, 1.165) is 15.0 Å². The minimum atomic E-state index is -0.911. The van der Waals surface area contributed by atoms with Crippen molar-refractivity contribution in [2.24, 2.45) is 0 Å². The molecule has 1 aliphatic rings. The van der Waals surface area contributed by atoms with Gasteiger partial charge in [-0.2, -0.15) is 0 Å². The topological polar surface area (TPSA) is 116 Å². The highest BCUT2D eigenvalue weighted by Crippen LogP contribution is 2.34. The number of hydrogen-bond acceptors (Lipinski definition) is 7. The molecule has 9 nitrogen and oxygen atoms in total. The van der Waals surface area contributed by atoms with Crippen molar-refractivity contribution in [3.05, 3.63) is 72.2 Å². The lowest BCUT2D eigenvalue weighted by Crippen LogP contribution is -2.46. The van der Waals surface area contributed by atoms with Gasteiger partial charge in [-0.1, -0.05) is 12.1 Å². The number of nitrogens with one attached hydrogen (secondary N) is 3. The van der Waals surface area contributed by atoms with E-state index >= 15 is 0 Å². The van der Waals surface area contributed by atoms with E-state index in [2.05, 4.69) is 25.9 Å². The van der Waals surface area contributed by atoms with Gasteiger partial charge in [0.05, 0.1) is 16.1 Å². The Morgan fingerprint density at radius 2 is 1.95 bits per heavy atom. The molecule has 11 heteroatoms. The molecule has 2 aromatic carbocycles. The van der Waals surface area contributed by atoms with E-state index in [-0.39, 0.29) is 11.5 Å². The Morgan fingerprint density at radius 1 is 1.14 bits per heavy atom. The second-order valence-corrected chi connectivity index (χ2v) is 10.0. The van der Waals surface area contributed by atoms with Crippen LogP contribution in [0.15, 0.2) is 60.8 Å². The Balaban J connectivity index is 1.28. The van der Waals surface area contributed by atoms with Crippen molar-refractivity contribution in [3.63, 3.8) is 0 Å². The molecule has 4 amide bonds. The molecule has 0 spiro atoms. The second kappa shape index (κ2) is 9.58. The number of carbonyl (C=O) groups is 3. The number of nitrogens with zero attached hydrogens (tertiary/aromatic N) is 3. The molecule has 1 aliphatic heterocycles. The van der Waals surface area contributed by atoms with Crippen molar-refractivity contribution in [2.45, 2.75) is 19.4 Å². The predicted octanol–water partition coefficient (Wildman–Crippen LogP) is 4.49. The second-order valence-electron chi connectivity index (χ2n) is 8.96. The maximum Gasteiger partial charge on any atom is 0.325 e. The molecule has 2 aromatic heterocycles. The van der Waals surface area contributed by atoms with Crippen molar-refractivity contribution >= 4 is 50.9 Å². The van der Waals surface area contributed by atoms with Crippen molar-refractivity contribution in [2.75, 3.05) is 23.7 Å². The van der Waals surface area contributed by atoms with Gasteiger partial charge >= 0.3 is 6.03 Å². The van der Waals surface area contributed by atoms with Crippen LogP contribution in [-0.2, 0) is 4.79 Å². The number of urea groups is 1. The summed E-state index contributed by atoms with van der Waals surface area (Å²) >= 11 is 1.54. The summed E-state index contributed by atoms with van der Waals surface area (Å²) in [6, 6.07) is 14.7. The Morgan fingerprint density at radius 3 is 2.70 bits per heavy atom. The number of carbonyl (C=O) groups excluding carboxylic acids is 3. The van der Waals surface area contributed by atoms with Crippen LogP contribution >= 0.6 is 11.3 Å². The number of fused-ring (bicyclic) bond motifs is 1. The highest BCUT2D eigenvalue weighted by Gasteiger charge is 2.45. The zero-order valence-electron chi connectivity index (χ0n) is 20.0. The van der Waals surface area contributed by atoms with E-state index in [4.69, 9.17) is 0 Å². The number of halogens is 1. The molecule has 5 rings (SSSR count). The minimum Gasteiger partial charge on any atom is -0.352 e. The summed E-state index contributed by atoms with van der Waals surface area (Å²) in [5.74, 6) is -1.02. The molecule has 0 unspecified atom stereocenters. The Kier molecular flexibility index (Phi) is 6.30. The van der Waals surface area contributed by atoms with Crippen LogP contribution in [0.25, 0.3) is 20.7 Å². The summed E-state index contributed by atoms with van der Waals surface area (Å²) in [6.45, 7) is 4.07. The first kappa shape index (κ1) is 24.3. The van der Waals surface area contributed by atoms with Crippen LogP contribution in [0.4, 0.5) is 20.8 Å². The summed E-state index contributed by atoms with van der Waals surface area (Å²) in [5, 5.41) is 9.09. The van der Waals surface area contributed by atoms with Crippen LogP contribution in [0.3, 0.4) is 0 Å². The molecule has 4 aromatic rings. The lowest BCUT2D eigenvalue weighted by atomic mass is 10.0. The van der Waals surface area contributed by atoms with Crippen LogP contribution < -0.4 is 16.0 Å². The molecular formula is C26H23FN6O3S. The maximum absolute atomic E-state index is 13.9. The summed E-state index contributed by atoms with van der Waals surface area (Å²) < 4.78 is 14.9. The zero-order valence-corrected chi connectivity index (χ0v) is 20.9. The maximum atomic E-state index is 13.9. The smallest absolute Gasteiger partial charge is 0.325 e. The SMILES string of the molecule is CC1(C)C(=O)NC(=O)N1CCNc1nccc(-c2cc3cc(NC(=O)c4ccccc4F)ccc3s2)n1. The largest absolute Gasteiger partial charge is 0.352 e. The van der Waals surface area contributed by atoms with Gasteiger partial charge in [0.25, 0.3) is 11.8 Å². The van der Waals surface area contributed by atoms with Gasteiger partial charge in [-0.25, -0.2) is 19.2 Å². The normalized spacial score (nSPS) is 14.6. The van der Waals surface area contributed by atoms with Crippen LogP contribution in [0.2, 0.25) is 0 Å². The fraction of sp³-hybridized carbons (Fsp3) is 0.192. The van der Waals surface area contributed by atoms with Crippen molar-refractivity contribution in [1.29, 1.82) is 0 Å². The summed E-state index contributed by atoms with van der Waals surface area (Å²) in [6.07, 6.45) is 1.64. The zero-order chi connectivity index (χ0) is 26.2. The van der Waals surface area contributed by atoms with E-state index in [1.807, 2.05) is 18.2 Å². The van der Waals surface area contributed by atoms with Gasteiger partial charge in [0.15, 0.2) is 0 Å². The molecule has 0 bridgehead atoms. The van der Waals surface area contributed by atoms with Gasteiger partial charge in [-0.15, -0.1) is 11.3 Å². The average Bonchev–Trinajstić information content (AvgIpc) is 3.38. The summed E-state index contributed by atoms with van der Waals surface area (Å²) in [7, 11) is 0. The molecule has 1 saturated heterocycles. The van der Waals surface area contributed by atoms with E-state index in [1.54, 1.807) is 49.6 Å². The van der Waals surface area contributed by atoms with Gasteiger partial charge < -0.3 is 15.5 Å². The number of hydrogen-bond donors (Lipinski definition) is 3. The number of aromatic nitrogens is 2. The molecule has 1 fully saturated rings. The van der Waals surface area contributed by atoms with Gasteiger partial charge in [0.1, 0.15) is 11.4 Å². The predicted molar refractivity (Wildman–Crippen MR) is 140 cm³/mol. The number of benzene rings is 2. The summed E-state index contributed by atoms with van der Waals surface area (Å²) in [4.78, 5) is 47.6. The molecule has 3 N–H and O–H groups in total. The molecule has 3 heterocycles. The van der Waals surface area contributed by atoms with Gasteiger partial charge in [0.2, 0.25) is 5.95 Å². The van der Waals surface area contributed by atoms with E-state index in [9.17, 15) is 18.8 Å². The number of imide groups is 1. The molecule has 0 atom stereocenters. The number of amides is 4. The minimum absolute atomic E-state index is 0.0184. The molecule has 188 valence electrons. The Hall–Kier alpha value is -4.38. The third kappa shape index (κ3) is 4.85. The summed E-state index contributed by atoms with van der Waals surface area (Å²) in [5.41, 5.74) is 0.342. The average molecular weight is 519 g/mol. The van der Waals surface area contributed by atoms with Gasteiger partial charge in [-0.3, -0.25) is 14.9 Å². The first-order valence-corrected chi connectivity index (χ1v) is 12.3. The lowest BCUT2D eigenvalue weighted by molar-refractivity contribution is -0.125. The van der Waals surface area contributed by atoms with Crippen molar-refractivity contribution < 1.29 is 18.8 Å². The van der Waals surface area contributed by atoms with Crippen LogP contribution in [-0.4, -0.2) is 51.3 Å². The van der Waals surface area contributed by atoms with Crippen molar-refractivity contribution in [1.82, 2.24) is 20.2 Å². The Bertz CT molecular complexity index is 1540. The molecule has 0 saturated carbocycles. The monoisotopic (exact) mass is 518 g/mol. The number of rotatable bonds is 7. The highest BCUT2D eigenvalue weighted by atomic mass is 32.1. The highest BCUT2D eigenvalue weighted by molar-refractivity contribution is 7.22. The van der Waals surface area contributed by atoms with Gasteiger partial charge in [-0.05, 0) is 61.7 Å². The number of thiophene rings is 1. The molecular weight excluding hydrogens is 495 g/mol. The first-order valence-electron chi connectivity index (χ1n) is 11.5. The van der Waals surface area contributed by atoms with Crippen LogP contribution in [0, 0.1) is 5.82 Å². The van der Waals surface area contributed by atoms with E-state index in [1.165, 1.54) is 23.1 Å².